The number of hydrogen-bond acceptors (Lipinski definition) is 4. The van der Waals surface area contributed by atoms with Crippen LogP contribution >= 0.6 is 12.4 Å². The fourth-order valence-corrected chi connectivity index (χ4v) is 4.64. The molecule has 3 aromatic carbocycles. The number of carbonyl (C=O) groups is 2. The highest BCUT2D eigenvalue weighted by atomic mass is 35.5. The molecule has 164 valence electrons. The van der Waals surface area contributed by atoms with Crippen LogP contribution < -0.4 is 0 Å². The van der Waals surface area contributed by atoms with Gasteiger partial charge in [-0.05, 0) is 61.1 Å². The molecule has 32 heavy (non-hydrogen) atoms. The van der Waals surface area contributed by atoms with Crippen LogP contribution in [-0.2, 0) is 0 Å². The molecule has 0 saturated carbocycles. The Hall–Kier alpha value is -3.02. The van der Waals surface area contributed by atoms with Crippen LogP contribution in [0.3, 0.4) is 0 Å². The molecule has 0 radical (unpaired) electrons. The van der Waals surface area contributed by atoms with Gasteiger partial charge in [0, 0.05) is 17.3 Å². The summed E-state index contributed by atoms with van der Waals surface area (Å²) in [7, 11) is 0. The molecule has 4 aromatic rings. The van der Waals surface area contributed by atoms with Crippen molar-refractivity contribution in [2.75, 3.05) is 26.2 Å². The summed E-state index contributed by atoms with van der Waals surface area (Å²) in [6, 6.07) is 17.8. The topological polar surface area (TPSA) is 53.5 Å². The SMILES string of the molecule is CCN(CC)CCCN1C(=O)c2ccc3c(ccc4nc5ccccc5cc43)c2C1=O.Cl. The van der Waals surface area contributed by atoms with E-state index in [1.54, 1.807) is 6.07 Å². The molecule has 1 aliphatic heterocycles. The van der Waals surface area contributed by atoms with Crippen LogP contribution in [0.5, 0.6) is 0 Å². The lowest BCUT2D eigenvalue weighted by Gasteiger charge is -2.20. The predicted octanol–water partition coefficient (Wildman–Crippen LogP) is 5.29. The van der Waals surface area contributed by atoms with Gasteiger partial charge in [0.1, 0.15) is 0 Å². The van der Waals surface area contributed by atoms with Crippen molar-refractivity contribution in [3.8, 4) is 0 Å². The minimum atomic E-state index is -0.182. The monoisotopic (exact) mass is 447 g/mol. The summed E-state index contributed by atoms with van der Waals surface area (Å²) in [4.78, 5) is 34.7. The van der Waals surface area contributed by atoms with Crippen molar-refractivity contribution in [1.29, 1.82) is 0 Å². The number of imide groups is 1. The minimum Gasteiger partial charge on any atom is -0.304 e. The third kappa shape index (κ3) is 3.51. The second-order valence-electron chi connectivity index (χ2n) is 8.04. The Morgan fingerprint density at radius 2 is 1.59 bits per heavy atom. The van der Waals surface area contributed by atoms with Crippen LogP contribution in [0.25, 0.3) is 32.6 Å². The molecule has 5 nitrogen and oxygen atoms in total. The van der Waals surface area contributed by atoms with Gasteiger partial charge in [0.05, 0.1) is 22.2 Å². The van der Waals surface area contributed by atoms with Crippen LogP contribution in [0.1, 0.15) is 41.0 Å². The number of nitrogens with zero attached hydrogens (tertiary/aromatic N) is 3. The molecule has 0 aliphatic carbocycles. The van der Waals surface area contributed by atoms with Gasteiger partial charge >= 0.3 is 0 Å². The molecule has 2 heterocycles. The smallest absolute Gasteiger partial charge is 0.262 e. The maximum atomic E-state index is 13.3. The summed E-state index contributed by atoms with van der Waals surface area (Å²) in [6.07, 6.45) is 0.782. The summed E-state index contributed by atoms with van der Waals surface area (Å²) in [5.74, 6) is -0.364. The van der Waals surface area contributed by atoms with Gasteiger partial charge in [0.2, 0.25) is 0 Å². The number of halogens is 1. The highest BCUT2D eigenvalue weighted by Gasteiger charge is 2.36. The average molecular weight is 448 g/mol. The van der Waals surface area contributed by atoms with Crippen molar-refractivity contribution in [3.05, 3.63) is 65.7 Å². The zero-order chi connectivity index (χ0) is 21.5. The molecule has 0 saturated heterocycles. The molecule has 6 heteroatoms. The highest BCUT2D eigenvalue weighted by Crippen LogP contribution is 2.34. The number of fused-ring (bicyclic) bond motifs is 6. The fraction of sp³-hybridized carbons (Fsp3) is 0.269. The van der Waals surface area contributed by atoms with E-state index in [1.807, 2.05) is 42.5 Å². The van der Waals surface area contributed by atoms with E-state index in [9.17, 15) is 9.59 Å². The molecule has 0 unspecified atom stereocenters. The Bertz CT molecular complexity index is 1350. The van der Waals surface area contributed by atoms with Gasteiger partial charge in [-0.15, -0.1) is 12.4 Å². The van der Waals surface area contributed by atoms with Crippen molar-refractivity contribution in [1.82, 2.24) is 14.8 Å². The summed E-state index contributed by atoms with van der Waals surface area (Å²) >= 11 is 0. The van der Waals surface area contributed by atoms with Crippen LogP contribution in [0.4, 0.5) is 0 Å². The van der Waals surface area contributed by atoms with Crippen molar-refractivity contribution < 1.29 is 9.59 Å². The minimum absolute atomic E-state index is 0. The number of benzene rings is 3. The van der Waals surface area contributed by atoms with Crippen molar-refractivity contribution in [3.63, 3.8) is 0 Å². The van der Waals surface area contributed by atoms with E-state index >= 15 is 0 Å². The zero-order valence-electron chi connectivity index (χ0n) is 18.3. The molecule has 0 atom stereocenters. The first kappa shape index (κ1) is 22.2. The van der Waals surface area contributed by atoms with E-state index in [0.717, 1.165) is 58.6 Å². The summed E-state index contributed by atoms with van der Waals surface area (Å²) in [5, 5.41) is 3.84. The normalized spacial score (nSPS) is 13.4. The van der Waals surface area contributed by atoms with E-state index < -0.39 is 0 Å². The lowest BCUT2D eigenvalue weighted by atomic mass is 9.97. The Balaban J connectivity index is 0.00000245. The first-order valence-corrected chi connectivity index (χ1v) is 11.0. The average Bonchev–Trinajstić information content (AvgIpc) is 3.05. The fourth-order valence-electron chi connectivity index (χ4n) is 4.64. The van der Waals surface area contributed by atoms with Gasteiger partial charge in [0.15, 0.2) is 0 Å². The van der Waals surface area contributed by atoms with Crippen LogP contribution in [0, 0.1) is 0 Å². The van der Waals surface area contributed by atoms with Gasteiger partial charge < -0.3 is 4.90 Å². The number of para-hydroxylation sites is 1. The second kappa shape index (κ2) is 8.85. The van der Waals surface area contributed by atoms with Gasteiger partial charge in [0.25, 0.3) is 11.8 Å². The summed E-state index contributed by atoms with van der Waals surface area (Å²) < 4.78 is 0. The Morgan fingerprint density at radius 3 is 2.38 bits per heavy atom. The third-order valence-electron chi connectivity index (χ3n) is 6.38. The van der Waals surface area contributed by atoms with Crippen LogP contribution in [-0.4, -0.2) is 52.8 Å². The molecule has 1 aliphatic rings. The second-order valence-corrected chi connectivity index (χ2v) is 8.04. The van der Waals surface area contributed by atoms with Gasteiger partial charge in [-0.25, -0.2) is 4.98 Å². The van der Waals surface area contributed by atoms with Gasteiger partial charge in [-0.3, -0.25) is 14.5 Å². The van der Waals surface area contributed by atoms with Crippen molar-refractivity contribution in [2.24, 2.45) is 0 Å². The van der Waals surface area contributed by atoms with Crippen molar-refractivity contribution >= 4 is 56.8 Å². The summed E-state index contributed by atoms with van der Waals surface area (Å²) in [6.45, 7) is 7.52. The number of amides is 2. The number of aromatic nitrogens is 1. The van der Waals surface area contributed by atoms with E-state index in [4.69, 9.17) is 4.98 Å². The molecule has 5 rings (SSSR count). The number of hydrogen-bond donors (Lipinski definition) is 0. The Kier molecular flexibility index (Phi) is 6.13. The number of pyridine rings is 1. The Morgan fingerprint density at radius 1 is 0.844 bits per heavy atom. The van der Waals surface area contributed by atoms with Gasteiger partial charge in [-0.1, -0.05) is 44.2 Å². The molecule has 0 bridgehead atoms. The predicted molar refractivity (Wildman–Crippen MR) is 132 cm³/mol. The molecular formula is C26H26ClN3O2. The number of carbonyl (C=O) groups excluding carboxylic acids is 2. The van der Waals surface area contributed by atoms with Crippen LogP contribution in [0.2, 0.25) is 0 Å². The quantitative estimate of drug-likeness (QED) is 0.229. The molecule has 0 N–H and O–H groups in total. The zero-order valence-corrected chi connectivity index (χ0v) is 19.1. The maximum absolute atomic E-state index is 13.3. The largest absolute Gasteiger partial charge is 0.304 e. The molecule has 0 spiro atoms. The molecule has 2 amide bonds. The van der Waals surface area contributed by atoms with E-state index in [2.05, 4.69) is 24.8 Å². The molecule has 1 aromatic heterocycles. The first-order valence-electron chi connectivity index (χ1n) is 11.0. The molecular weight excluding hydrogens is 422 g/mol. The summed E-state index contributed by atoms with van der Waals surface area (Å²) in [5.41, 5.74) is 2.87. The first-order chi connectivity index (χ1) is 15.1. The van der Waals surface area contributed by atoms with Gasteiger partial charge in [-0.2, -0.15) is 0 Å². The maximum Gasteiger partial charge on any atom is 0.262 e. The highest BCUT2D eigenvalue weighted by molar-refractivity contribution is 6.28. The number of rotatable bonds is 6. The van der Waals surface area contributed by atoms with E-state index in [-0.39, 0.29) is 24.2 Å². The molecule has 0 fully saturated rings. The van der Waals surface area contributed by atoms with Crippen LogP contribution in [0.15, 0.2) is 54.6 Å². The lowest BCUT2D eigenvalue weighted by Crippen LogP contribution is -2.33. The third-order valence-corrected chi connectivity index (χ3v) is 6.38. The standard InChI is InChI=1S/C26H25N3O2.ClH/c1-3-28(4-2)14-7-15-29-25(30)20-11-10-18-19(24(20)26(29)31)12-13-23-21(18)16-17-8-5-6-9-22(17)27-23;/h5-6,8-13,16H,3-4,7,14-15H2,1-2H3;1H. The lowest BCUT2D eigenvalue weighted by molar-refractivity contribution is 0.0648. The Labute approximate surface area is 193 Å². The van der Waals surface area contributed by atoms with E-state index in [0.29, 0.717) is 17.7 Å². The van der Waals surface area contributed by atoms with E-state index in [1.165, 1.54) is 4.90 Å². The van der Waals surface area contributed by atoms with Crippen molar-refractivity contribution in [2.45, 2.75) is 20.3 Å².